The SMILES string of the molecule is Cc1ccccc1C=NNC(=O)COc1ccc2ccccc2c1Br. The predicted octanol–water partition coefficient (Wildman–Crippen LogP) is 4.44. The first-order valence-corrected chi connectivity index (χ1v) is 8.62. The minimum Gasteiger partial charge on any atom is -0.483 e. The Morgan fingerprint density at radius 1 is 1.12 bits per heavy atom. The number of hydrogen-bond acceptors (Lipinski definition) is 3. The standard InChI is InChI=1S/C20H17BrN2O2/c1-14-6-2-3-8-16(14)12-22-23-19(24)13-25-18-11-10-15-7-4-5-9-17(15)20(18)21/h2-12H,13H2,1H3,(H,23,24). The lowest BCUT2D eigenvalue weighted by atomic mass is 10.1. The number of amides is 1. The van der Waals surface area contributed by atoms with Crippen LogP contribution >= 0.6 is 15.9 Å². The Morgan fingerprint density at radius 3 is 2.72 bits per heavy atom. The van der Waals surface area contributed by atoms with Crippen LogP contribution in [0.25, 0.3) is 10.8 Å². The summed E-state index contributed by atoms with van der Waals surface area (Å²) in [5.74, 6) is 0.307. The van der Waals surface area contributed by atoms with E-state index in [0.717, 1.165) is 26.4 Å². The number of aryl methyl sites for hydroxylation is 1. The van der Waals surface area contributed by atoms with Gasteiger partial charge >= 0.3 is 0 Å². The summed E-state index contributed by atoms with van der Waals surface area (Å²) < 4.78 is 6.44. The molecule has 0 aromatic heterocycles. The first kappa shape index (κ1) is 17.2. The maximum Gasteiger partial charge on any atom is 0.277 e. The summed E-state index contributed by atoms with van der Waals surface area (Å²) in [5.41, 5.74) is 4.53. The van der Waals surface area contributed by atoms with E-state index in [0.29, 0.717) is 5.75 Å². The van der Waals surface area contributed by atoms with Crippen LogP contribution in [0.4, 0.5) is 0 Å². The molecule has 1 amide bonds. The highest BCUT2D eigenvalue weighted by molar-refractivity contribution is 9.10. The average Bonchev–Trinajstić information content (AvgIpc) is 2.63. The Morgan fingerprint density at radius 2 is 1.88 bits per heavy atom. The second-order valence-electron chi connectivity index (χ2n) is 5.54. The lowest BCUT2D eigenvalue weighted by Gasteiger charge is -2.09. The van der Waals surface area contributed by atoms with Crippen molar-refractivity contribution in [2.45, 2.75) is 6.92 Å². The Balaban J connectivity index is 1.59. The van der Waals surface area contributed by atoms with Crippen LogP contribution in [-0.4, -0.2) is 18.7 Å². The molecule has 4 nitrogen and oxygen atoms in total. The van der Waals surface area contributed by atoms with E-state index < -0.39 is 0 Å². The van der Waals surface area contributed by atoms with Gasteiger partial charge in [0, 0.05) is 0 Å². The first-order chi connectivity index (χ1) is 12.1. The van der Waals surface area contributed by atoms with Crippen LogP contribution in [0.5, 0.6) is 5.75 Å². The minimum absolute atomic E-state index is 0.109. The van der Waals surface area contributed by atoms with Crippen LogP contribution in [0.2, 0.25) is 0 Å². The van der Waals surface area contributed by atoms with Crippen LogP contribution in [0.3, 0.4) is 0 Å². The zero-order chi connectivity index (χ0) is 17.6. The molecule has 0 saturated carbocycles. The normalized spacial score (nSPS) is 11.0. The molecule has 0 aliphatic rings. The largest absolute Gasteiger partial charge is 0.483 e. The van der Waals surface area contributed by atoms with E-state index in [2.05, 4.69) is 26.5 Å². The summed E-state index contributed by atoms with van der Waals surface area (Å²) >= 11 is 3.54. The van der Waals surface area contributed by atoms with Crippen LogP contribution in [0, 0.1) is 6.92 Å². The van der Waals surface area contributed by atoms with E-state index in [1.807, 2.05) is 67.6 Å². The van der Waals surface area contributed by atoms with Crippen molar-refractivity contribution in [3.8, 4) is 5.75 Å². The number of hydrogen-bond donors (Lipinski definition) is 1. The number of nitrogens with one attached hydrogen (secondary N) is 1. The third-order valence-electron chi connectivity index (χ3n) is 3.77. The molecule has 0 unspecified atom stereocenters. The van der Waals surface area contributed by atoms with E-state index in [1.54, 1.807) is 6.21 Å². The fourth-order valence-electron chi connectivity index (χ4n) is 2.41. The van der Waals surface area contributed by atoms with E-state index in [4.69, 9.17) is 4.74 Å². The Bertz CT molecular complexity index is 938. The second-order valence-corrected chi connectivity index (χ2v) is 6.33. The number of carbonyl (C=O) groups excluding carboxylic acids is 1. The quantitative estimate of drug-likeness (QED) is 0.511. The van der Waals surface area contributed by atoms with E-state index in [1.165, 1.54) is 0 Å². The molecular formula is C20H17BrN2O2. The highest BCUT2D eigenvalue weighted by Gasteiger charge is 2.08. The van der Waals surface area contributed by atoms with Crippen LogP contribution < -0.4 is 10.2 Å². The summed E-state index contributed by atoms with van der Waals surface area (Å²) in [7, 11) is 0. The highest BCUT2D eigenvalue weighted by atomic mass is 79.9. The van der Waals surface area contributed by atoms with Gasteiger partial charge in [-0.3, -0.25) is 4.79 Å². The fraction of sp³-hybridized carbons (Fsp3) is 0.100. The topological polar surface area (TPSA) is 50.7 Å². The molecule has 0 spiro atoms. The van der Waals surface area contributed by atoms with Crippen LogP contribution in [0.1, 0.15) is 11.1 Å². The zero-order valence-electron chi connectivity index (χ0n) is 13.7. The smallest absolute Gasteiger partial charge is 0.277 e. The molecule has 3 aromatic carbocycles. The number of ether oxygens (including phenoxy) is 1. The number of halogens is 1. The van der Waals surface area contributed by atoms with Gasteiger partial charge in [0.25, 0.3) is 5.91 Å². The molecule has 0 fully saturated rings. The Kier molecular flexibility index (Phi) is 5.46. The molecule has 3 aromatic rings. The molecule has 0 bridgehead atoms. The van der Waals surface area contributed by atoms with Crippen molar-refractivity contribution in [1.82, 2.24) is 5.43 Å². The minimum atomic E-state index is -0.315. The number of nitrogens with zero attached hydrogens (tertiary/aromatic N) is 1. The molecular weight excluding hydrogens is 380 g/mol. The number of benzene rings is 3. The predicted molar refractivity (Wildman–Crippen MR) is 104 cm³/mol. The summed E-state index contributed by atoms with van der Waals surface area (Å²) in [5, 5.41) is 6.12. The molecule has 0 heterocycles. The molecule has 5 heteroatoms. The van der Waals surface area contributed by atoms with Crippen molar-refractivity contribution in [1.29, 1.82) is 0 Å². The highest BCUT2D eigenvalue weighted by Crippen LogP contribution is 2.32. The molecule has 25 heavy (non-hydrogen) atoms. The second kappa shape index (κ2) is 7.94. The van der Waals surface area contributed by atoms with Crippen molar-refractivity contribution in [3.05, 3.63) is 76.3 Å². The van der Waals surface area contributed by atoms with Gasteiger partial charge in [0.1, 0.15) is 5.75 Å². The Hall–Kier alpha value is -2.66. The van der Waals surface area contributed by atoms with Gasteiger partial charge in [0.05, 0.1) is 10.7 Å². The Labute approximate surface area is 154 Å². The molecule has 0 saturated heterocycles. The number of hydrazone groups is 1. The van der Waals surface area contributed by atoms with Crippen molar-refractivity contribution < 1.29 is 9.53 Å². The van der Waals surface area contributed by atoms with E-state index in [9.17, 15) is 4.79 Å². The van der Waals surface area contributed by atoms with Gasteiger partial charge < -0.3 is 4.74 Å². The van der Waals surface area contributed by atoms with Gasteiger partial charge in [0.15, 0.2) is 6.61 Å². The van der Waals surface area contributed by atoms with Gasteiger partial charge in [-0.1, -0.05) is 54.6 Å². The van der Waals surface area contributed by atoms with Crippen molar-refractivity contribution in [2.24, 2.45) is 5.10 Å². The van der Waals surface area contributed by atoms with Crippen LogP contribution in [0.15, 0.2) is 70.2 Å². The molecule has 0 aliphatic carbocycles. The third-order valence-corrected chi connectivity index (χ3v) is 4.59. The summed E-state index contributed by atoms with van der Waals surface area (Å²) in [6.07, 6.45) is 1.62. The fourth-order valence-corrected chi connectivity index (χ4v) is 3.01. The summed E-state index contributed by atoms with van der Waals surface area (Å²) in [4.78, 5) is 11.9. The van der Waals surface area contributed by atoms with Gasteiger partial charge in [0.2, 0.25) is 0 Å². The maximum absolute atomic E-state index is 11.9. The average molecular weight is 397 g/mol. The first-order valence-electron chi connectivity index (χ1n) is 7.83. The van der Waals surface area contributed by atoms with Crippen molar-refractivity contribution >= 4 is 38.8 Å². The molecule has 0 radical (unpaired) electrons. The van der Waals surface area contributed by atoms with E-state index in [-0.39, 0.29) is 12.5 Å². The maximum atomic E-state index is 11.9. The lowest BCUT2D eigenvalue weighted by Crippen LogP contribution is -2.24. The van der Waals surface area contributed by atoms with Gasteiger partial charge in [-0.2, -0.15) is 5.10 Å². The van der Waals surface area contributed by atoms with Crippen molar-refractivity contribution in [2.75, 3.05) is 6.61 Å². The summed E-state index contributed by atoms with van der Waals surface area (Å²) in [6.45, 7) is 1.88. The number of carbonyl (C=O) groups is 1. The molecule has 0 aliphatic heterocycles. The van der Waals surface area contributed by atoms with Crippen LogP contribution in [-0.2, 0) is 4.79 Å². The lowest BCUT2D eigenvalue weighted by molar-refractivity contribution is -0.123. The molecule has 0 atom stereocenters. The number of rotatable bonds is 5. The van der Waals surface area contributed by atoms with Gasteiger partial charge in [-0.15, -0.1) is 0 Å². The van der Waals surface area contributed by atoms with E-state index >= 15 is 0 Å². The van der Waals surface area contributed by atoms with Gasteiger partial charge in [-0.05, 0) is 50.8 Å². The third kappa shape index (κ3) is 4.25. The van der Waals surface area contributed by atoms with Gasteiger partial charge in [-0.25, -0.2) is 5.43 Å². The molecule has 1 N–H and O–H groups in total. The zero-order valence-corrected chi connectivity index (χ0v) is 15.3. The molecule has 3 rings (SSSR count). The monoisotopic (exact) mass is 396 g/mol. The number of fused-ring (bicyclic) bond motifs is 1. The summed E-state index contributed by atoms with van der Waals surface area (Å²) in [6, 6.07) is 19.6. The molecule has 126 valence electrons. The van der Waals surface area contributed by atoms with Crippen molar-refractivity contribution in [3.63, 3.8) is 0 Å².